The summed E-state index contributed by atoms with van der Waals surface area (Å²) in [5, 5.41) is 11.7. The highest BCUT2D eigenvalue weighted by atomic mass is 16.5. The van der Waals surface area contributed by atoms with Crippen molar-refractivity contribution in [1.82, 2.24) is 5.32 Å². The van der Waals surface area contributed by atoms with Crippen LogP contribution >= 0.6 is 0 Å². The van der Waals surface area contributed by atoms with E-state index in [1.807, 2.05) is 0 Å². The molecule has 2 saturated heterocycles. The Balaban J connectivity index is 2.09. The smallest absolute Gasteiger partial charge is 0.310 e. The zero-order valence-corrected chi connectivity index (χ0v) is 8.89. The number of hydrogen-bond acceptors (Lipinski definition) is 3. The molecule has 0 aromatic rings. The van der Waals surface area contributed by atoms with E-state index in [4.69, 9.17) is 9.84 Å². The number of aliphatic carboxylic acids is 1. The quantitative estimate of drug-likeness (QED) is 0.669. The summed E-state index contributed by atoms with van der Waals surface area (Å²) in [6, 6.07) is 0. The fourth-order valence-electron chi connectivity index (χ4n) is 2.62. The molecule has 2 fully saturated rings. The van der Waals surface area contributed by atoms with Crippen LogP contribution in [0.1, 0.15) is 12.8 Å². The molecule has 0 saturated carbocycles. The van der Waals surface area contributed by atoms with Gasteiger partial charge >= 0.3 is 5.97 Å². The van der Waals surface area contributed by atoms with Crippen LogP contribution in [0.2, 0.25) is 0 Å². The summed E-state index contributed by atoms with van der Waals surface area (Å²) < 4.78 is 5.49. The van der Waals surface area contributed by atoms with Crippen molar-refractivity contribution in [3.8, 4) is 0 Å². The van der Waals surface area contributed by atoms with Crippen molar-refractivity contribution >= 4 is 11.9 Å². The predicted octanol–water partition coefficient (Wildman–Crippen LogP) is 0.167. The molecule has 16 heavy (non-hydrogen) atoms. The third-order valence-corrected chi connectivity index (χ3v) is 3.28. The zero-order chi connectivity index (χ0) is 11.7. The molecule has 2 unspecified atom stereocenters. The summed E-state index contributed by atoms with van der Waals surface area (Å²) in [6.07, 6.45) is 2.58. The molecule has 5 nitrogen and oxygen atoms in total. The molecule has 2 aliphatic rings. The van der Waals surface area contributed by atoms with Crippen LogP contribution in [-0.4, -0.2) is 35.7 Å². The van der Waals surface area contributed by atoms with E-state index < -0.39 is 17.8 Å². The molecular weight excluding hydrogens is 210 g/mol. The number of nitrogens with one attached hydrogen (secondary N) is 1. The first-order valence-electron chi connectivity index (χ1n) is 5.42. The van der Waals surface area contributed by atoms with E-state index >= 15 is 0 Å². The topological polar surface area (TPSA) is 75.6 Å². The molecule has 0 radical (unpaired) electrons. The van der Waals surface area contributed by atoms with Crippen molar-refractivity contribution in [2.45, 2.75) is 25.0 Å². The van der Waals surface area contributed by atoms with Gasteiger partial charge in [0.05, 0.1) is 24.0 Å². The second kappa shape index (κ2) is 4.25. The molecule has 5 heteroatoms. The lowest BCUT2D eigenvalue weighted by atomic mass is 9.79. The van der Waals surface area contributed by atoms with Crippen molar-refractivity contribution in [2.75, 3.05) is 6.54 Å². The van der Waals surface area contributed by atoms with E-state index in [0.717, 1.165) is 12.8 Å². The van der Waals surface area contributed by atoms with E-state index in [9.17, 15) is 9.59 Å². The third-order valence-electron chi connectivity index (χ3n) is 3.28. The Hall–Kier alpha value is -1.36. The fourth-order valence-corrected chi connectivity index (χ4v) is 2.62. The Bertz CT molecular complexity index is 328. The van der Waals surface area contributed by atoms with Crippen molar-refractivity contribution in [2.24, 2.45) is 11.8 Å². The molecule has 2 bridgehead atoms. The second-order valence-corrected chi connectivity index (χ2v) is 4.21. The Morgan fingerprint density at radius 2 is 2.00 bits per heavy atom. The molecule has 2 rings (SSSR count). The number of fused-ring (bicyclic) bond motifs is 2. The van der Waals surface area contributed by atoms with Crippen molar-refractivity contribution in [3.05, 3.63) is 12.7 Å². The van der Waals surface area contributed by atoms with Crippen molar-refractivity contribution in [3.63, 3.8) is 0 Å². The average Bonchev–Trinajstić information content (AvgIpc) is 2.84. The lowest BCUT2D eigenvalue weighted by Crippen LogP contribution is -2.43. The standard InChI is InChI=1S/C11H15NO4/c1-2-5-12-10(13)8-6-3-4-7(16-6)9(8)11(14)15/h2,6-9H,1,3-5H2,(H,12,13)(H,14,15)/t6-,7+,8?,9?/m1/s1. The van der Waals surface area contributed by atoms with Gasteiger partial charge in [0.15, 0.2) is 0 Å². The van der Waals surface area contributed by atoms with Gasteiger partial charge in [0.25, 0.3) is 0 Å². The molecule has 0 aromatic carbocycles. The molecule has 2 N–H and O–H groups in total. The van der Waals surface area contributed by atoms with E-state index in [0.29, 0.717) is 6.54 Å². The first kappa shape index (κ1) is 11.1. The van der Waals surface area contributed by atoms with Gasteiger partial charge in [-0.25, -0.2) is 0 Å². The molecule has 4 atom stereocenters. The van der Waals surface area contributed by atoms with Crippen molar-refractivity contribution < 1.29 is 19.4 Å². The highest BCUT2D eigenvalue weighted by molar-refractivity contribution is 5.86. The highest BCUT2D eigenvalue weighted by Crippen LogP contribution is 2.43. The predicted molar refractivity (Wildman–Crippen MR) is 55.7 cm³/mol. The second-order valence-electron chi connectivity index (χ2n) is 4.21. The lowest BCUT2D eigenvalue weighted by Gasteiger charge is -2.23. The molecular formula is C11H15NO4. The Labute approximate surface area is 93.5 Å². The van der Waals surface area contributed by atoms with Crippen LogP contribution in [-0.2, 0) is 14.3 Å². The van der Waals surface area contributed by atoms with Crippen LogP contribution in [0.25, 0.3) is 0 Å². The maximum atomic E-state index is 11.8. The van der Waals surface area contributed by atoms with E-state index in [2.05, 4.69) is 11.9 Å². The SMILES string of the molecule is C=CCNC(=O)C1C(C(=O)O)[C@@H]2CC[C@H]1O2. The summed E-state index contributed by atoms with van der Waals surface area (Å²) in [5.74, 6) is -2.41. The summed E-state index contributed by atoms with van der Waals surface area (Å²) in [7, 11) is 0. The number of carboxylic acids is 1. The largest absolute Gasteiger partial charge is 0.481 e. The first-order valence-corrected chi connectivity index (χ1v) is 5.42. The van der Waals surface area contributed by atoms with Gasteiger partial charge in [-0.1, -0.05) is 6.08 Å². The van der Waals surface area contributed by atoms with Gasteiger partial charge < -0.3 is 15.2 Å². The Morgan fingerprint density at radius 1 is 1.38 bits per heavy atom. The summed E-state index contributed by atoms with van der Waals surface area (Å²) in [5.41, 5.74) is 0. The van der Waals surface area contributed by atoms with Gasteiger partial charge in [0.1, 0.15) is 0 Å². The van der Waals surface area contributed by atoms with Crippen LogP contribution in [0.4, 0.5) is 0 Å². The number of rotatable bonds is 4. The van der Waals surface area contributed by atoms with Crippen LogP contribution in [0.5, 0.6) is 0 Å². The maximum Gasteiger partial charge on any atom is 0.310 e. The van der Waals surface area contributed by atoms with Gasteiger partial charge in [0.2, 0.25) is 5.91 Å². The molecule has 0 spiro atoms. The molecule has 0 aromatic heterocycles. The van der Waals surface area contributed by atoms with Gasteiger partial charge in [-0.2, -0.15) is 0 Å². The average molecular weight is 225 g/mol. The van der Waals surface area contributed by atoms with Crippen LogP contribution < -0.4 is 5.32 Å². The lowest BCUT2D eigenvalue weighted by molar-refractivity contribution is -0.147. The molecule has 2 aliphatic heterocycles. The maximum absolute atomic E-state index is 11.8. The minimum absolute atomic E-state index is 0.226. The molecule has 0 aliphatic carbocycles. The van der Waals surface area contributed by atoms with Crippen LogP contribution in [0.15, 0.2) is 12.7 Å². The summed E-state index contributed by atoms with van der Waals surface area (Å²) in [4.78, 5) is 22.9. The number of hydrogen-bond donors (Lipinski definition) is 2. The molecule has 2 heterocycles. The number of carbonyl (C=O) groups excluding carboxylic acids is 1. The number of ether oxygens (including phenoxy) is 1. The van der Waals surface area contributed by atoms with E-state index in [-0.39, 0.29) is 18.1 Å². The van der Waals surface area contributed by atoms with E-state index in [1.165, 1.54) is 0 Å². The minimum atomic E-state index is -0.939. The third kappa shape index (κ3) is 1.71. The Kier molecular flexibility index (Phi) is 2.96. The monoisotopic (exact) mass is 225 g/mol. The minimum Gasteiger partial charge on any atom is -0.481 e. The number of carboxylic acid groups (broad SMARTS) is 1. The number of carbonyl (C=O) groups is 2. The molecule has 1 amide bonds. The molecule has 88 valence electrons. The van der Waals surface area contributed by atoms with E-state index in [1.54, 1.807) is 6.08 Å². The van der Waals surface area contributed by atoms with Gasteiger partial charge in [-0.3, -0.25) is 9.59 Å². The summed E-state index contributed by atoms with van der Waals surface area (Å²) >= 11 is 0. The van der Waals surface area contributed by atoms with Gasteiger partial charge in [0, 0.05) is 6.54 Å². The normalized spacial score (nSPS) is 36.0. The van der Waals surface area contributed by atoms with Gasteiger partial charge in [-0.15, -0.1) is 6.58 Å². The van der Waals surface area contributed by atoms with Crippen molar-refractivity contribution in [1.29, 1.82) is 0 Å². The van der Waals surface area contributed by atoms with Gasteiger partial charge in [-0.05, 0) is 12.8 Å². The summed E-state index contributed by atoms with van der Waals surface area (Å²) in [6.45, 7) is 3.86. The highest BCUT2D eigenvalue weighted by Gasteiger charge is 2.55. The number of amides is 1. The fraction of sp³-hybridized carbons (Fsp3) is 0.636. The zero-order valence-electron chi connectivity index (χ0n) is 8.89. The van der Waals surface area contributed by atoms with Crippen LogP contribution in [0, 0.1) is 11.8 Å². The Morgan fingerprint density at radius 3 is 2.56 bits per heavy atom. The first-order chi connectivity index (χ1) is 7.65. The van der Waals surface area contributed by atoms with Crippen LogP contribution in [0.3, 0.4) is 0 Å².